The molecule has 0 aromatic carbocycles. The minimum atomic E-state index is -2.96. The van der Waals surface area contributed by atoms with Gasteiger partial charge in [0.2, 0.25) is 0 Å². The molecule has 0 aromatic rings. The number of hydrogen-bond acceptors (Lipinski definition) is 4. The third-order valence-electron chi connectivity index (χ3n) is 0.875. The summed E-state index contributed by atoms with van der Waals surface area (Å²) in [4.78, 5) is 9.96. The Balaban J connectivity index is 3.37. The van der Waals surface area contributed by atoms with Gasteiger partial charge >= 0.3 is 5.43 Å². The Morgan fingerprint density at radius 1 is 1.55 bits per heavy atom. The molecule has 0 bridgehead atoms. The van der Waals surface area contributed by atoms with Crippen LogP contribution in [0.1, 0.15) is 6.42 Å². The van der Waals surface area contributed by atoms with Crippen molar-refractivity contribution in [2.45, 2.75) is 6.42 Å². The molecule has 0 fully saturated rings. The first-order chi connectivity index (χ1) is 4.92. The molecule has 0 saturated heterocycles. The van der Waals surface area contributed by atoms with Gasteiger partial charge in [-0.3, -0.25) is 0 Å². The molecule has 0 aromatic heterocycles. The van der Waals surface area contributed by atoms with Crippen LogP contribution in [0.15, 0.2) is 0 Å². The maximum Gasteiger partial charge on any atom is 0.403 e. The van der Waals surface area contributed by atoms with Crippen molar-refractivity contribution in [2.75, 3.05) is 18.6 Å². The monoisotopic (exact) mass is 200 g/mol. The van der Waals surface area contributed by atoms with Gasteiger partial charge in [-0.1, -0.05) is 0 Å². The molecule has 0 aliphatic carbocycles. The van der Waals surface area contributed by atoms with Crippen LogP contribution >= 0.6 is 11.6 Å². The SMILES string of the molecule is CS(=O)(=O)CCCOC(=O)Cl. The Morgan fingerprint density at radius 2 is 2.09 bits per heavy atom. The highest BCUT2D eigenvalue weighted by Crippen LogP contribution is 1.92. The second-order valence-electron chi connectivity index (χ2n) is 2.07. The zero-order valence-electron chi connectivity index (χ0n) is 6.04. The number of hydrogen-bond donors (Lipinski definition) is 0. The van der Waals surface area contributed by atoms with Gasteiger partial charge in [0, 0.05) is 17.9 Å². The zero-order valence-corrected chi connectivity index (χ0v) is 7.61. The normalized spacial score (nSPS) is 11.1. The van der Waals surface area contributed by atoms with E-state index in [-0.39, 0.29) is 18.8 Å². The van der Waals surface area contributed by atoms with Crippen molar-refractivity contribution in [2.24, 2.45) is 0 Å². The molecule has 0 aliphatic rings. The van der Waals surface area contributed by atoms with Gasteiger partial charge < -0.3 is 4.74 Å². The standard InChI is InChI=1S/C5H9ClO4S/c1-11(8,9)4-2-3-10-5(6)7/h2-4H2,1H3. The second kappa shape index (κ2) is 4.56. The summed E-state index contributed by atoms with van der Waals surface area (Å²) in [7, 11) is -2.96. The summed E-state index contributed by atoms with van der Waals surface area (Å²) in [5.41, 5.74) is -0.904. The Kier molecular flexibility index (Phi) is 4.44. The third-order valence-corrected chi connectivity index (χ3v) is 2.01. The molecule has 0 amide bonds. The molecule has 66 valence electrons. The topological polar surface area (TPSA) is 60.4 Å². The highest BCUT2D eigenvalue weighted by molar-refractivity contribution is 7.90. The fraction of sp³-hybridized carbons (Fsp3) is 0.800. The van der Waals surface area contributed by atoms with Gasteiger partial charge in [-0.05, 0) is 6.42 Å². The van der Waals surface area contributed by atoms with Gasteiger partial charge in [0.25, 0.3) is 0 Å². The molecular formula is C5H9ClO4S. The predicted molar refractivity (Wildman–Crippen MR) is 41.5 cm³/mol. The van der Waals surface area contributed by atoms with Crippen LogP contribution in [-0.2, 0) is 14.6 Å². The van der Waals surface area contributed by atoms with Crippen molar-refractivity contribution in [1.29, 1.82) is 0 Å². The van der Waals surface area contributed by atoms with Crippen molar-refractivity contribution < 1.29 is 17.9 Å². The van der Waals surface area contributed by atoms with Gasteiger partial charge in [-0.15, -0.1) is 0 Å². The van der Waals surface area contributed by atoms with Crippen LogP contribution < -0.4 is 0 Å². The Labute approximate surface area is 70.4 Å². The Bertz CT molecular complexity index is 221. The molecule has 0 aliphatic heterocycles. The van der Waals surface area contributed by atoms with Crippen molar-refractivity contribution >= 4 is 26.9 Å². The molecule has 0 rings (SSSR count). The first-order valence-electron chi connectivity index (χ1n) is 2.92. The lowest BCUT2D eigenvalue weighted by Gasteiger charge is -1.98. The Hall–Kier alpha value is -0.290. The third kappa shape index (κ3) is 9.71. The largest absolute Gasteiger partial charge is 0.454 e. The van der Waals surface area contributed by atoms with Crippen molar-refractivity contribution in [1.82, 2.24) is 0 Å². The summed E-state index contributed by atoms with van der Waals surface area (Å²) in [5, 5.41) is 0. The molecule has 0 N–H and O–H groups in total. The van der Waals surface area contributed by atoms with E-state index >= 15 is 0 Å². The fourth-order valence-corrected chi connectivity index (χ4v) is 1.19. The van der Waals surface area contributed by atoms with Crippen LogP contribution in [0.4, 0.5) is 4.79 Å². The van der Waals surface area contributed by atoms with E-state index in [0.29, 0.717) is 0 Å². The van der Waals surface area contributed by atoms with Crippen molar-refractivity contribution in [3.8, 4) is 0 Å². The Morgan fingerprint density at radius 3 is 2.45 bits per heavy atom. The van der Waals surface area contributed by atoms with E-state index in [0.717, 1.165) is 6.26 Å². The highest BCUT2D eigenvalue weighted by atomic mass is 35.5. The minimum absolute atomic E-state index is 0.0111. The first-order valence-corrected chi connectivity index (χ1v) is 5.35. The smallest absolute Gasteiger partial charge is 0.403 e. The second-order valence-corrected chi connectivity index (χ2v) is 4.64. The zero-order chi connectivity index (χ0) is 8.91. The van der Waals surface area contributed by atoms with Crippen LogP contribution in [0.5, 0.6) is 0 Å². The van der Waals surface area contributed by atoms with Gasteiger partial charge in [0.05, 0.1) is 12.4 Å². The van der Waals surface area contributed by atoms with Gasteiger partial charge in [0.1, 0.15) is 9.84 Å². The highest BCUT2D eigenvalue weighted by Gasteiger charge is 2.02. The lowest BCUT2D eigenvalue weighted by Crippen LogP contribution is -2.07. The van der Waals surface area contributed by atoms with Gasteiger partial charge in [-0.25, -0.2) is 13.2 Å². The average molecular weight is 201 g/mol. The van der Waals surface area contributed by atoms with Crippen LogP contribution in [0.25, 0.3) is 0 Å². The molecule has 4 nitrogen and oxygen atoms in total. The maximum absolute atomic E-state index is 10.5. The number of carbonyl (C=O) groups excluding carboxylic acids is 1. The molecule has 0 spiro atoms. The van der Waals surface area contributed by atoms with Crippen molar-refractivity contribution in [3.63, 3.8) is 0 Å². The summed E-state index contributed by atoms with van der Waals surface area (Å²) in [6.07, 6.45) is 1.41. The predicted octanol–water partition coefficient (Wildman–Crippen LogP) is 0.797. The van der Waals surface area contributed by atoms with E-state index in [2.05, 4.69) is 4.74 Å². The van der Waals surface area contributed by atoms with E-state index in [1.54, 1.807) is 0 Å². The molecule has 0 radical (unpaired) electrons. The van der Waals surface area contributed by atoms with Gasteiger partial charge in [-0.2, -0.15) is 0 Å². The summed E-state index contributed by atoms with van der Waals surface area (Å²) in [6.45, 7) is 0.0510. The molecule has 11 heavy (non-hydrogen) atoms. The van der Waals surface area contributed by atoms with E-state index in [9.17, 15) is 13.2 Å². The number of rotatable bonds is 4. The number of halogens is 1. The lowest BCUT2D eigenvalue weighted by atomic mass is 10.5. The van der Waals surface area contributed by atoms with Crippen molar-refractivity contribution in [3.05, 3.63) is 0 Å². The number of ether oxygens (including phenoxy) is 1. The van der Waals surface area contributed by atoms with Crippen LogP contribution in [0.3, 0.4) is 0 Å². The molecule has 6 heteroatoms. The summed E-state index contributed by atoms with van der Waals surface area (Å²) in [5.74, 6) is 0.0111. The van der Waals surface area contributed by atoms with E-state index in [4.69, 9.17) is 11.6 Å². The molecule has 0 atom stereocenters. The fourth-order valence-electron chi connectivity index (χ4n) is 0.474. The van der Waals surface area contributed by atoms with E-state index in [1.807, 2.05) is 0 Å². The quantitative estimate of drug-likeness (QED) is 0.498. The maximum atomic E-state index is 10.5. The minimum Gasteiger partial charge on any atom is -0.454 e. The molecule has 0 unspecified atom stereocenters. The van der Waals surface area contributed by atoms with Gasteiger partial charge in [0.15, 0.2) is 0 Å². The van der Waals surface area contributed by atoms with E-state index in [1.165, 1.54) is 0 Å². The first kappa shape index (κ1) is 10.7. The summed E-state index contributed by atoms with van der Waals surface area (Å²) >= 11 is 4.82. The summed E-state index contributed by atoms with van der Waals surface area (Å²) < 4.78 is 25.3. The number of sulfone groups is 1. The molecule has 0 saturated carbocycles. The molecule has 0 heterocycles. The van der Waals surface area contributed by atoms with Crippen LogP contribution in [-0.4, -0.2) is 32.5 Å². The molecular weight excluding hydrogens is 192 g/mol. The van der Waals surface area contributed by atoms with E-state index < -0.39 is 15.3 Å². The average Bonchev–Trinajstić information content (AvgIpc) is 1.78. The summed E-state index contributed by atoms with van der Waals surface area (Å²) in [6, 6.07) is 0. The van der Waals surface area contributed by atoms with Crippen LogP contribution in [0, 0.1) is 0 Å². The number of carbonyl (C=O) groups is 1. The lowest BCUT2D eigenvalue weighted by molar-refractivity contribution is 0.173. The van der Waals surface area contributed by atoms with Crippen LogP contribution in [0.2, 0.25) is 0 Å².